The van der Waals surface area contributed by atoms with E-state index in [9.17, 15) is 0 Å². The molecule has 0 aromatic rings. The lowest BCUT2D eigenvalue weighted by molar-refractivity contribution is -0.175. The molecule has 2 aliphatic heterocycles. The van der Waals surface area contributed by atoms with Crippen LogP contribution < -0.4 is 0 Å². The number of hydrogen-bond acceptors (Lipinski definition) is 3. The van der Waals surface area contributed by atoms with E-state index in [-0.39, 0.29) is 18.3 Å². The molecule has 1 unspecified atom stereocenters. The maximum Gasteiger partial charge on any atom is 0.164 e. The molecule has 3 heteroatoms. The predicted molar refractivity (Wildman–Crippen MR) is 48.5 cm³/mol. The highest BCUT2D eigenvalue weighted by Crippen LogP contribution is 2.36. The second-order valence-corrected chi connectivity index (χ2v) is 4.30. The van der Waals surface area contributed by atoms with Gasteiger partial charge in [0.25, 0.3) is 0 Å². The van der Waals surface area contributed by atoms with Crippen LogP contribution in [0, 0.1) is 0 Å². The number of ether oxygens (including phenoxy) is 3. The lowest BCUT2D eigenvalue weighted by Crippen LogP contribution is -2.29. The van der Waals surface area contributed by atoms with E-state index in [4.69, 9.17) is 14.2 Å². The minimum atomic E-state index is -0.412. The largest absolute Gasteiger partial charge is 0.373 e. The Kier molecular flexibility index (Phi) is 2.34. The highest BCUT2D eigenvalue weighted by atomic mass is 16.8. The summed E-state index contributed by atoms with van der Waals surface area (Å²) in [4.78, 5) is 0. The van der Waals surface area contributed by atoms with E-state index in [1.54, 1.807) is 0 Å². The van der Waals surface area contributed by atoms with Gasteiger partial charge in [0.15, 0.2) is 5.79 Å². The summed E-state index contributed by atoms with van der Waals surface area (Å²) >= 11 is 0. The number of rotatable bonds is 2. The Labute approximate surface area is 79.4 Å². The van der Waals surface area contributed by atoms with Crippen LogP contribution in [-0.2, 0) is 14.2 Å². The summed E-state index contributed by atoms with van der Waals surface area (Å²) in [5, 5.41) is 0. The number of hydrogen-bond donors (Lipinski definition) is 0. The van der Waals surface area contributed by atoms with Crippen LogP contribution in [0.3, 0.4) is 0 Å². The van der Waals surface area contributed by atoms with E-state index in [2.05, 4.69) is 6.92 Å². The SMILES string of the molecule is CCCC1OC[C@H]2OC(C)(C)O[C@@H]12. The minimum Gasteiger partial charge on any atom is -0.373 e. The first-order chi connectivity index (χ1) is 6.12. The minimum absolute atomic E-state index is 0.159. The average molecular weight is 186 g/mol. The summed E-state index contributed by atoms with van der Waals surface area (Å²) in [5.74, 6) is -0.412. The van der Waals surface area contributed by atoms with Crippen LogP contribution in [-0.4, -0.2) is 30.7 Å². The van der Waals surface area contributed by atoms with Gasteiger partial charge >= 0.3 is 0 Å². The van der Waals surface area contributed by atoms with Crippen molar-refractivity contribution < 1.29 is 14.2 Å². The van der Waals surface area contributed by atoms with Crippen LogP contribution in [0.5, 0.6) is 0 Å². The van der Waals surface area contributed by atoms with E-state index in [1.807, 2.05) is 13.8 Å². The molecule has 2 saturated heterocycles. The highest BCUT2D eigenvalue weighted by Gasteiger charge is 2.49. The van der Waals surface area contributed by atoms with Crippen LogP contribution in [0.25, 0.3) is 0 Å². The van der Waals surface area contributed by atoms with Gasteiger partial charge in [0.2, 0.25) is 0 Å². The molecule has 2 heterocycles. The summed E-state index contributed by atoms with van der Waals surface area (Å²) < 4.78 is 17.1. The first-order valence-corrected chi connectivity index (χ1v) is 5.09. The molecule has 0 radical (unpaired) electrons. The third kappa shape index (κ3) is 1.73. The molecule has 13 heavy (non-hydrogen) atoms. The fourth-order valence-corrected chi connectivity index (χ4v) is 2.15. The first-order valence-electron chi connectivity index (χ1n) is 5.09. The lowest BCUT2D eigenvalue weighted by Gasteiger charge is -2.21. The van der Waals surface area contributed by atoms with Crippen molar-refractivity contribution in [3.05, 3.63) is 0 Å². The van der Waals surface area contributed by atoms with Gasteiger partial charge in [0, 0.05) is 0 Å². The zero-order valence-corrected chi connectivity index (χ0v) is 8.58. The third-order valence-corrected chi connectivity index (χ3v) is 2.64. The monoisotopic (exact) mass is 186 g/mol. The van der Waals surface area contributed by atoms with Gasteiger partial charge in [-0.2, -0.15) is 0 Å². The Morgan fingerprint density at radius 1 is 1.31 bits per heavy atom. The quantitative estimate of drug-likeness (QED) is 0.657. The second-order valence-electron chi connectivity index (χ2n) is 4.30. The molecule has 3 atom stereocenters. The van der Waals surface area contributed by atoms with Gasteiger partial charge in [-0.05, 0) is 20.3 Å². The summed E-state index contributed by atoms with van der Waals surface area (Å²) in [5.41, 5.74) is 0. The molecule has 0 spiro atoms. The molecule has 0 N–H and O–H groups in total. The predicted octanol–water partition coefficient (Wildman–Crippen LogP) is 1.71. The highest BCUT2D eigenvalue weighted by molar-refractivity contribution is 4.91. The van der Waals surface area contributed by atoms with Gasteiger partial charge in [-0.3, -0.25) is 0 Å². The molecular formula is C10H18O3. The van der Waals surface area contributed by atoms with Crippen molar-refractivity contribution in [3.8, 4) is 0 Å². The van der Waals surface area contributed by atoms with E-state index >= 15 is 0 Å². The maximum absolute atomic E-state index is 5.79. The Morgan fingerprint density at radius 2 is 2.08 bits per heavy atom. The van der Waals surface area contributed by atoms with E-state index in [0.717, 1.165) is 12.8 Å². The fourth-order valence-electron chi connectivity index (χ4n) is 2.15. The van der Waals surface area contributed by atoms with Crippen molar-refractivity contribution in [1.29, 1.82) is 0 Å². The molecule has 0 aromatic carbocycles. The van der Waals surface area contributed by atoms with Crippen LogP contribution >= 0.6 is 0 Å². The Balaban J connectivity index is 1.99. The van der Waals surface area contributed by atoms with Crippen LogP contribution in [0.15, 0.2) is 0 Å². The van der Waals surface area contributed by atoms with Crippen molar-refractivity contribution in [2.45, 2.75) is 57.7 Å². The standard InChI is InChI=1S/C10H18O3/c1-4-5-7-9-8(6-11-7)12-10(2,3)13-9/h7-9H,4-6H2,1-3H3/t7?,8-,9+/m1/s1. The Bertz CT molecular complexity index is 189. The van der Waals surface area contributed by atoms with E-state index in [1.165, 1.54) is 0 Å². The summed E-state index contributed by atoms with van der Waals surface area (Å²) in [7, 11) is 0. The second kappa shape index (κ2) is 3.23. The molecule has 0 saturated carbocycles. The molecule has 0 bridgehead atoms. The molecule has 2 fully saturated rings. The Hall–Kier alpha value is -0.120. The van der Waals surface area contributed by atoms with Crippen molar-refractivity contribution in [2.75, 3.05) is 6.61 Å². The van der Waals surface area contributed by atoms with Gasteiger partial charge in [0.1, 0.15) is 12.2 Å². The van der Waals surface area contributed by atoms with Gasteiger partial charge in [-0.25, -0.2) is 0 Å². The smallest absolute Gasteiger partial charge is 0.164 e. The van der Waals surface area contributed by atoms with Crippen LogP contribution in [0.1, 0.15) is 33.6 Å². The van der Waals surface area contributed by atoms with Gasteiger partial charge < -0.3 is 14.2 Å². The molecule has 76 valence electrons. The van der Waals surface area contributed by atoms with Crippen molar-refractivity contribution in [1.82, 2.24) is 0 Å². The average Bonchev–Trinajstić information content (AvgIpc) is 2.48. The van der Waals surface area contributed by atoms with E-state index < -0.39 is 5.79 Å². The van der Waals surface area contributed by atoms with Crippen LogP contribution in [0.2, 0.25) is 0 Å². The molecule has 0 aliphatic carbocycles. The Morgan fingerprint density at radius 3 is 2.77 bits per heavy atom. The molecule has 3 nitrogen and oxygen atoms in total. The van der Waals surface area contributed by atoms with Crippen molar-refractivity contribution in [3.63, 3.8) is 0 Å². The molecule has 2 aliphatic rings. The van der Waals surface area contributed by atoms with Crippen LogP contribution in [0.4, 0.5) is 0 Å². The summed E-state index contributed by atoms with van der Waals surface area (Å²) in [6.07, 6.45) is 2.77. The zero-order valence-electron chi connectivity index (χ0n) is 8.58. The van der Waals surface area contributed by atoms with Gasteiger partial charge in [-0.1, -0.05) is 13.3 Å². The molecular weight excluding hydrogens is 168 g/mol. The van der Waals surface area contributed by atoms with Gasteiger partial charge in [-0.15, -0.1) is 0 Å². The third-order valence-electron chi connectivity index (χ3n) is 2.64. The topological polar surface area (TPSA) is 27.7 Å². The van der Waals surface area contributed by atoms with E-state index in [0.29, 0.717) is 6.61 Å². The molecule has 2 rings (SSSR count). The zero-order chi connectivity index (χ0) is 9.47. The maximum atomic E-state index is 5.79. The fraction of sp³-hybridized carbons (Fsp3) is 1.00. The normalized spacial score (nSPS) is 42.2. The first kappa shape index (κ1) is 9.44. The number of fused-ring (bicyclic) bond motifs is 1. The molecule has 0 aromatic heterocycles. The van der Waals surface area contributed by atoms with Crippen molar-refractivity contribution >= 4 is 0 Å². The van der Waals surface area contributed by atoms with Crippen molar-refractivity contribution in [2.24, 2.45) is 0 Å². The summed E-state index contributed by atoms with van der Waals surface area (Å²) in [6.45, 7) is 6.79. The molecule has 0 amide bonds. The summed E-state index contributed by atoms with van der Waals surface area (Å²) in [6, 6.07) is 0. The van der Waals surface area contributed by atoms with Gasteiger partial charge in [0.05, 0.1) is 12.7 Å². The lowest BCUT2D eigenvalue weighted by atomic mass is 10.1.